The van der Waals surface area contributed by atoms with E-state index in [-0.39, 0.29) is 23.2 Å². The summed E-state index contributed by atoms with van der Waals surface area (Å²) in [6.45, 7) is 1.51. The number of amides is 1. The molecule has 2 aliphatic rings. The monoisotopic (exact) mass is 418 g/mol. The maximum Gasteiger partial charge on any atom is 0.253 e. The minimum Gasteiger partial charge on any atom is -0.490 e. The highest BCUT2D eigenvalue weighted by molar-refractivity contribution is 7.89. The van der Waals surface area contributed by atoms with Crippen LogP contribution in [0.1, 0.15) is 16.8 Å². The molecule has 0 aliphatic carbocycles. The Hall–Kier alpha value is -2.85. The number of methoxy groups -OCH3 is 1. The predicted octanol–water partition coefficient (Wildman–Crippen LogP) is 1.37. The second-order valence-corrected chi connectivity index (χ2v) is 8.60. The lowest BCUT2D eigenvalue weighted by Crippen LogP contribution is -2.33. The summed E-state index contributed by atoms with van der Waals surface area (Å²) in [5.41, 5.74) is 1.81. The third-order valence-corrected chi connectivity index (χ3v) is 6.43. The topological polar surface area (TPSA) is 101 Å². The number of hydrogen-bond acceptors (Lipinski definition) is 7. The molecule has 0 fully saturated rings. The van der Waals surface area contributed by atoms with Gasteiger partial charge in [-0.05, 0) is 30.7 Å². The van der Waals surface area contributed by atoms with Crippen LogP contribution in [0.2, 0.25) is 0 Å². The summed E-state index contributed by atoms with van der Waals surface area (Å²) in [6, 6.07) is 6.82. The van der Waals surface area contributed by atoms with Crippen molar-refractivity contribution in [3.8, 4) is 11.6 Å². The average Bonchev–Trinajstić information content (AvgIpc) is 2.74. The zero-order valence-electron chi connectivity index (χ0n) is 16.2. The van der Waals surface area contributed by atoms with E-state index >= 15 is 0 Å². The molecular weight excluding hydrogens is 396 g/mol. The van der Waals surface area contributed by atoms with Gasteiger partial charge in [0.05, 0.1) is 31.2 Å². The van der Waals surface area contributed by atoms with Crippen molar-refractivity contribution in [3.63, 3.8) is 0 Å². The summed E-state index contributed by atoms with van der Waals surface area (Å²) in [7, 11) is -0.751. The maximum absolute atomic E-state index is 12.9. The Morgan fingerprint density at radius 2 is 2.07 bits per heavy atom. The number of carbonyl (C=O) groups excluding carboxylic acids is 1. The van der Waals surface area contributed by atoms with Gasteiger partial charge in [0.25, 0.3) is 5.91 Å². The van der Waals surface area contributed by atoms with Crippen molar-refractivity contribution in [2.24, 2.45) is 0 Å². The summed E-state index contributed by atoms with van der Waals surface area (Å²) < 4.78 is 39.2. The molecule has 0 atom stereocenters. The van der Waals surface area contributed by atoms with E-state index < -0.39 is 10.0 Å². The molecule has 154 valence electrons. The van der Waals surface area contributed by atoms with Crippen LogP contribution in [-0.4, -0.2) is 64.6 Å². The van der Waals surface area contributed by atoms with Crippen LogP contribution in [-0.2, 0) is 10.0 Å². The first-order valence-electron chi connectivity index (χ1n) is 9.24. The number of hydrogen-bond donors (Lipinski definition) is 1. The Labute approximate surface area is 169 Å². The van der Waals surface area contributed by atoms with Crippen molar-refractivity contribution in [3.05, 3.63) is 36.0 Å². The number of fused-ring (bicyclic) bond motifs is 4. The fraction of sp³-hybridized carbons (Fsp3) is 0.368. The van der Waals surface area contributed by atoms with Crippen molar-refractivity contribution >= 4 is 27.3 Å². The molecule has 2 aromatic rings. The van der Waals surface area contributed by atoms with E-state index in [1.54, 1.807) is 36.3 Å². The molecule has 0 radical (unpaired) electrons. The molecule has 0 unspecified atom stereocenters. The number of aromatic nitrogens is 1. The summed E-state index contributed by atoms with van der Waals surface area (Å²) in [6.07, 6.45) is 2.02. The van der Waals surface area contributed by atoms with Gasteiger partial charge in [-0.1, -0.05) is 0 Å². The van der Waals surface area contributed by atoms with Crippen LogP contribution in [0.3, 0.4) is 0 Å². The molecule has 29 heavy (non-hydrogen) atoms. The number of anilines is 2. The first kappa shape index (κ1) is 19.5. The minimum atomic E-state index is -3.84. The lowest BCUT2D eigenvalue weighted by molar-refractivity contribution is 0.0794. The molecule has 4 rings (SSSR count). The zero-order chi connectivity index (χ0) is 20.6. The maximum atomic E-state index is 12.9. The van der Waals surface area contributed by atoms with Crippen LogP contribution in [0.15, 0.2) is 35.4 Å². The molecule has 9 nitrogen and oxygen atoms in total. The number of nitrogens with one attached hydrogen (secondary N) is 1. The van der Waals surface area contributed by atoms with Gasteiger partial charge in [-0.25, -0.2) is 18.1 Å². The van der Waals surface area contributed by atoms with Crippen LogP contribution in [0, 0.1) is 0 Å². The average molecular weight is 418 g/mol. The van der Waals surface area contributed by atoms with Gasteiger partial charge in [-0.3, -0.25) is 4.79 Å². The molecule has 10 heteroatoms. The van der Waals surface area contributed by atoms with Crippen LogP contribution in [0.25, 0.3) is 0 Å². The Morgan fingerprint density at radius 1 is 1.24 bits per heavy atom. The Morgan fingerprint density at radius 3 is 2.86 bits per heavy atom. The third kappa shape index (κ3) is 3.60. The summed E-state index contributed by atoms with van der Waals surface area (Å²) in [5.74, 6) is 0.524. The Balaban J connectivity index is 1.90. The Bertz CT molecular complexity index is 1060. The van der Waals surface area contributed by atoms with Gasteiger partial charge in [-0.2, -0.15) is 0 Å². The van der Waals surface area contributed by atoms with Gasteiger partial charge in [0, 0.05) is 25.7 Å². The number of ether oxygens (including phenoxy) is 2. The molecule has 0 saturated heterocycles. The smallest absolute Gasteiger partial charge is 0.253 e. The van der Waals surface area contributed by atoms with Gasteiger partial charge in [0.15, 0.2) is 0 Å². The first-order chi connectivity index (χ1) is 13.9. The van der Waals surface area contributed by atoms with Crippen molar-refractivity contribution in [2.75, 3.05) is 45.3 Å². The fourth-order valence-corrected chi connectivity index (χ4v) is 4.67. The number of sulfonamides is 1. The molecule has 0 spiro atoms. The summed E-state index contributed by atoms with van der Waals surface area (Å²) >= 11 is 0. The zero-order valence-corrected chi connectivity index (χ0v) is 17.0. The van der Waals surface area contributed by atoms with E-state index in [1.807, 2.05) is 4.90 Å². The molecule has 1 aromatic heterocycles. The Kier molecular flexibility index (Phi) is 5.05. The van der Waals surface area contributed by atoms with E-state index in [0.717, 1.165) is 0 Å². The standard InChI is InChI=1S/C19H22N4O5S/c1-22-7-3-6-21-29(25,26)17-11-14(12-20-18(17)27-2)23-8-9-28-16-5-4-13(19(22)24)10-15(16)23/h4-5,10-12,21H,3,6-9H2,1-2H3. The minimum absolute atomic E-state index is 0.0248. The van der Waals surface area contributed by atoms with E-state index in [2.05, 4.69) is 9.71 Å². The molecule has 3 heterocycles. The van der Waals surface area contributed by atoms with E-state index in [4.69, 9.17) is 9.47 Å². The number of pyridine rings is 1. The lowest BCUT2D eigenvalue weighted by atomic mass is 10.1. The largest absolute Gasteiger partial charge is 0.490 e. The van der Waals surface area contributed by atoms with Crippen molar-refractivity contribution in [1.82, 2.24) is 14.6 Å². The van der Waals surface area contributed by atoms with Crippen molar-refractivity contribution in [2.45, 2.75) is 11.3 Å². The van der Waals surface area contributed by atoms with Gasteiger partial charge in [0.1, 0.15) is 17.3 Å². The number of nitrogens with zero attached hydrogens (tertiary/aromatic N) is 3. The molecule has 0 saturated carbocycles. The molecule has 1 aromatic carbocycles. The second kappa shape index (κ2) is 7.53. The van der Waals surface area contributed by atoms with Crippen LogP contribution >= 0.6 is 0 Å². The van der Waals surface area contributed by atoms with Crippen LogP contribution in [0.4, 0.5) is 11.4 Å². The quantitative estimate of drug-likeness (QED) is 0.746. The van der Waals surface area contributed by atoms with E-state index in [9.17, 15) is 13.2 Å². The van der Waals surface area contributed by atoms with Gasteiger partial charge in [-0.15, -0.1) is 0 Å². The van der Waals surface area contributed by atoms with E-state index in [1.165, 1.54) is 13.2 Å². The molecule has 1 amide bonds. The summed E-state index contributed by atoms with van der Waals surface area (Å²) in [5, 5.41) is 0. The van der Waals surface area contributed by atoms with E-state index in [0.29, 0.717) is 48.8 Å². The third-order valence-electron chi connectivity index (χ3n) is 4.98. The highest BCUT2D eigenvalue weighted by Gasteiger charge is 2.27. The molecule has 4 bridgehead atoms. The lowest BCUT2D eigenvalue weighted by Gasteiger charge is -2.32. The van der Waals surface area contributed by atoms with Crippen molar-refractivity contribution < 1.29 is 22.7 Å². The normalized spacial score (nSPS) is 18.6. The van der Waals surface area contributed by atoms with Gasteiger partial charge < -0.3 is 19.3 Å². The van der Waals surface area contributed by atoms with Crippen LogP contribution in [0.5, 0.6) is 11.6 Å². The highest BCUT2D eigenvalue weighted by Crippen LogP contribution is 2.39. The molecule has 1 N–H and O–H groups in total. The number of rotatable bonds is 1. The van der Waals surface area contributed by atoms with Crippen molar-refractivity contribution in [1.29, 1.82) is 0 Å². The fourth-order valence-electron chi connectivity index (χ4n) is 3.46. The van der Waals surface area contributed by atoms with Crippen LogP contribution < -0.4 is 19.1 Å². The number of carbonyl (C=O) groups is 1. The number of benzene rings is 1. The highest BCUT2D eigenvalue weighted by atomic mass is 32.2. The SMILES string of the molecule is COc1ncc2cc1S(=O)(=O)NCCCN(C)C(=O)c1ccc3c(c1)N2CCO3. The van der Waals surface area contributed by atoms with Gasteiger partial charge in [0.2, 0.25) is 15.9 Å². The summed E-state index contributed by atoms with van der Waals surface area (Å²) in [4.78, 5) is 20.4. The molecule has 2 aliphatic heterocycles. The predicted molar refractivity (Wildman–Crippen MR) is 106 cm³/mol. The first-order valence-corrected chi connectivity index (χ1v) is 10.7. The van der Waals surface area contributed by atoms with Gasteiger partial charge >= 0.3 is 0 Å². The molecular formula is C19H22N4O5S. The second-order valence-electron chi connectivity index (χ2n) is 6.86.